The zero-order valence-corrected chi connectivity index (χ0v) is 16.0. The Hall–Kier alpha value is -2.70. The van der Waals surface area contributed by atoms with E-state index in [4.69, 9.17) is 0 Å². The Labute approximate surface area is 158 Å². The van der Waals surface area contributed by atoms with E-state index in [1.807, 2.05) is 20.8 Å². The molecule has 4 amide bonds. The largest absolute Gasteiger partial charge is 0.339 e. The summed E-state index contributed by atoms with van der Waals surface area (Å²) >= 11 is 0. The molecule has 7 heteroatoms. The predicted octanol–water partition coefficient (Wildman–Crippen LogP) is 1.39. The van der Waals surface area contributed by atoms with Crippen LogP contribution in [0.4, 0.5) is 0 Å². The summed E-state index contributed by atoms with van der Waals surface area (Å²) in [5.41, 5.74) is 0.353. The highest BCUT2D eigenvalue weighted by Gasteiger charge is 2.36. The monoisotopic (exact) mass is 371 g/mol. The van der Waals surface area contributed by atoms with E-state index in [2.05, 4.69) is 0 Å². The van der Waals surface area contributed by atoms with Gasteiger partial charge in [-0.15, -0.1) is 0 Å². The normalized spacial score (nSPS) is 17.4. The highest BCUT2D eigenvalue weighted by atomic mass is 16.2. The number of hydrogen-bond donors (Lipinski definition) is 0. The lowest BCUT2D eigenvalue weighted by molar-refractivity contribution is -0.145. The molecule has 2 aliphatic rings. The minimum Gasteiger partial charge on any atom is -0.339 e. The van der Waals surface area contributed by atoms with Gasteiger partial charge in [-0.05, 0) is 12.1 Å². The number of hydrogen-bond acceptors (Lipinski definition) is 4. The predicted molar refractivity (Wildman–Crippen MR) is 99.0 cm³/mol. The zero-order chi connectivity index (χ0) is 19.8. The first kappa shape index (κ1) is 19.1. The van der Waals surface area contributed by atoms with Crippen LogP contribution < -0.4 is 0 Å². The van der Waals surface area contributed by atoms with E-state index in [0.717, 1.165) is 4.90 Å². The Morgan fingerprint density at radius 2 is 1.37 bits per heavy atom. The molecular formula is C20H25N3O4. The minimum atomic E-state index is -0.433. The van der Waals surface area contributed by atoms with E-state index in [1.54, 1.807) is 34.1 Å². The van der Waals surface area contributed by atoms with Crippen molar-refractivity contribution in [3.8, 4) is 0 Å². The smallest absolute Gasteiger partial charge is 0.261 e. The lowest BCUT2D eigenvalue weighted by Crippen LogP contribution is -2.53. The maximum Gasteiger partial charge on any atom is 0.261 e. The molecule has 1 aromatic carbocycles. The number of carbonyl (C=O) groups excluding carboxylic acids is 4. The lowest BCUT2D eigenvalue weighted by atomic mass is 9.94. The first-order valence-electron chi connectivity index (χ1n) is 9.22. The third-order valence-corrected chi connectivity index (χ3v) is 4.99. The van der Waals surface area contributed by atoms with Gasteiger partial charge >= 0.3 is 0 Å². The maximum absolute atomic E-state index is 12.5. The van der Waals surface area contributed by atoms with Crippen LogP contribution in [0.1, 0.15) is 47.9 Å². The van der Waals surface area contributed by atoms with Gasteiger partial charge in [0.15, 0.2) is 0 Å². The molecule has 0 spiro atoms. The first-order valence-corrected chi connectivity index (χ1v) is 9.22. The molecule has 0 aliphatic carbocycles. The Kier molecular flexibility index (Phi) is 5.04. The van der Waals surface area contributed by atoms with Crippen LogP contribution in [0, 0.1) is 5.41 Å². The summed E-state index contributed by atoms with van der Waals surface area (Å²) in [5.74, 6) is -0.706. The maximum atomic E-state index is 12.5. The van der Waals surface area contributed by atoms with Gasteiger partial charge in [0.2, 0.25) is 11.8 Å². The molecule has 0 N–H and O–H groups in total. The summed E-state index contributed by atoms with van der Waals surface area (Å²) in [6, 6.07) is 6.69. The molecule has 0 aromatic heterocycles. The Morgan fingerprint density at radius 1 is 0.889 bits per heavy atom. The van der Waals surface area contributed by atoms with E-state index < -0.39 is 5.41 Å². The van der Waals surface area contributed by atoms with Crippen molar-refractivity contribution in [3.05, 3.63) is 35.4 Å². The average molecular weight is 371 g/mol. The molecule has 0 radical (unpaired) electrons. The number of fused-ring (bicyclic) bond motifs is 1. The molecule has 1 saturated heterocycles. The fraction of sp³-hybridized carbons (Fsp3) is 0.500. The van der Waals surface area contributed by atoms with Crippen molar-refractivity contribution in [3.63, 3.8) is 0 Å². The van der Waals surface area contributed by atoms with Crippen molar-refractivity contribution in [2.45, 2.75) is 27.2 Å². The van der Waals surface area contributed by atoms with Gasteiger partial charge in [-0.3, -0.25) is 24.1 Å². The van der Waals surface area contributed by atoms with Crippen LogP contribution in [-0.2, 0) is 9.59 Å². The molecule has 27 heavy (non-hydrogen) atoms. The molecule has 7 nitrogen and oxygen atoms in total. The molecule has 3 rings (SSSR count). The van der Waals surface area contributed by atoms with Gasteiger partial charge in [0.1, 0.15) is 0 Å². The van der Waals surface area contributed by atoms with Crippen LogP contribution in [0.15, 0.2) is 24.3 Å². The number of amides is 4. The van der Waals surface area contributed by atoms with Crippen molar-refractivity contribution < 1.29 is 19.2 Å². The summed E-state index contributed by atoms with van der Waals surface area (Å²) in [5, 5.41) is 0. The number of benzene rings is 1. The molecule has 144 valence electrons. The van der Waals surface area contributed by atoms with E-state index in [-0.39, 0.29) is 36.6 Å². The summed E-state index contributed by atoms with van der Waals surface area (Å²) in [6.45, 7) is 7.69. The van der Waals surface area contributed by atoms with E-state index >= 15 is 0 Å². The van der Waals surface area contributed by atoms with Crippen LogP contribution >= 0.6 is 0 Å². The second-order valence-electron chi connectivity index (χ2n) is 7.98. The number of piperazine rings is 1. The van der Waals surface area contributed by atoms with Crippen LogP contribution in [0.2, 0.25) is 0 Å². The second kappa shape index (κ2) is 7.13. The van der Waals surface area contributed by atoms with Crippen LogP contribution in [-0.4, -0.2) is 71.1 Å². The van der Waals surface area contributed by atoms with Crippen LogP contribution in [0.3, 0.4) is 0 Å². The van der Waals surface area contributed by atoms with Crippen molar-refractivity contribution in [2.75, 3.05) is 32.7 Å². The van der Waals surface area contributed by atoms with Crippen molar-refractivity contribution in [1.29, 1.82) is 0 Å². The van der Waals surface area contributed by atoms with Gasteiger partial charge in [0, 0.05) is 44.6 Å². The fourth-order valence-electron chi connectivity index (χ4n) is 3.44. The third kappa shape index (κ3) is 3.72. The molecule has 2 heterocycles. The van der Waals surface area contributed by atoms with Crippen molar-refractivity contribution in [1.82, 2.24) is 14.7 Å². The number of imide groups is 1. The van der Waals surface area contributed by atoms with Gasteiger partial charge in [0.25, 0.3) is 11.8 Å². The summed E-state index contributed by atoms with van der Waals surface area (Å²) in [4.78, 5) is 54.1. The summed E-state index contributed by atoms with van der Waals surface area (Å²) in [7, 11) is 0. The van der Waals surface area contributed by atoms with E-state index in [0.29, 0.717) is 37.3 Å². The summed E-state index contributed by atoms with van der Waals surface area (Å²) < 4.78 is 0. The molecule has 0 saturated carbocycles. The minimum absolute atomic E-state index is 0.0757. The number of carbonyl (C=O) groups is 4. The Balaban J connectivity index is 1.52. The molecule has 0 atom stereocenters. The molecule has 0 bridgehead atoms. The van der Waals surface area contributed by atoms with Gasteiger partial charge in [-0.2, -0.15) is 0 Å². The zero-order valence-electron chi connectivity index (χ0n) is 16.0. The van der Waals surface area contributed by atoms with Gasteiger partial charge < -0.3 is 9.80 Å². The van der Waals surface area contributed by atoms with Gasteiger partial charge in [-0.25, -0.2) is 0 Å². The quantitative estimate of drug-likeness (QED) is 0.753. The fourth-order valence-corrected chi connectivity index (χ4v) is 3.44. The standard InChI is InChI=1S/C20H25N3O4/c1-20(2,3)19(27)22-12-10-21(11-13-22)16(24)8-9-23-17(25)14-6-4-5-7-15(14)18(23)26/h4-7H,8-13H2,1-3H3. The van der Waals surface area contributed by atoms with E-state index in [1.165, 1.54) is 0 Å². The van der Waals surface area contributed by atoms with Crippen LogP contribution in [0.25, 0.3) is 0 Å². The molecule has 2 aliphatic heterocycles. The van der Waals surface area contributed by atoms with Crippen molar-refractivity contribution in [2.24, 2.45) is 5.41 Å². The summed E-state index contributed by atoms with van der Waals surface area (Å²) in [6.07, 6.45) is 0.0959. The van der Waals surface area contributed by atoms with Crippen LogP contribution in [0.5, 0.6) is 0 Å². The average Bonchev–Trinajstić information content (AvgIpc) is 2.89. The SMILES string of the molecule is CC(C)(C)C(=O)N1CCN(C(=O)CCN2C(=O)c3ccccc3C2=O)CC1. The second-order valence-corrected chi connectivity index (χ2v) is 7.98. The topological polar surface area (TPSA) is 78.0 Å². The molecule has 1 fully saturated rings. The number of nitrogens with zero attached hydrogens (tertiary/aromatic N) is 3. The van der Waals surface area contributed by atoms with E-state index in [9.17, 15) is 19.2 Å². The van der Waals surface area contributed by atoms with Gasteiger partial charge in [-0.1, -0.05) is 32.9 Å². The Morgan fingerprint density at radius 3 is 1.85 bits per heavy atom. The molecular weight excluding hydrogens is 346 g/mol. The first-order chi connectivity index (χ1) is 12.7. The lowest BCUT2D eigenvalue weighted by Gasteiger charge is -2.37. The Bertz CT molecular complexity index is 754. The number of rotatable bonds is 3. The van der Waals surface area contributed by atoms with Gasteiger partial charge in [0.05, 0.1) is 11.1 Å². The third-order valence-electron chi connectivity index (χ3n) is 4.99. The highest BCUT2D eigenvalue weighted by Crippen LogP contribution is 2.23. The molecule has 1 aromatic rings. The van der Waals surface area contributed by atoms with Crippen molar-refractivity contribution >= 4 is 23.6 Å². The highest BCUT2D eigenvalue weighted by molar-refractivity contribution is 6.21. The molecule has 0 unspecified atom stereocenters.